The van der Waals surface area contributed by atoms with Gasteiger partial charge in [-0.1, -0.05) is 0 Å². The van der Waals surface area contributed by atoms with E-state index in [9.17, 15) is 22.8 Å². The highest BCUT2D eigenvalue weighted by Gasteiger charge is 2.16. The van der Waals surface area contributed by atoms with Gasteiger partial charge >= 0.3 is 12.0 Å². The second kappa shape index (κ2) is 6.05. The Bertz CT molecular complexity index is 510. The molecule has 1 aromatic rings. The zero-order chi connectivity index (χ0) is 14.6. The molecule has 0 aliphatic heterocycles. The van der Waals surface area contributed by atoms with Gasteiger partial charge in [-0.2, -0.15) is 0 Å². The fourth-order valence-corrected chi connectivity index (χ4v) is 1.09. The van der Waals surface area contributed by atoms with Crippen molar-refractivity contribution in [2.45, 2.75) is 6.10 Å². The van der Waals surface area contributed by atoms with Crippen molar-refractivity contribution >= 4 is 17.7 Å². The molecule has 2 amide bonds. The first-order chi connectivity index (χ1) is 8.81. The summed E-state index contributed by atoms with van der Waals surface area (Å²) in [4.78, 5) is 21.4. The number of nitrogens with one attached hydrogen (secondary N) is 2. The monoisotopic (exact) mass is 278 g/mol. The molecule has 0 radical (unpaired) electrons. The average Bonchev–Trinajstić information content (AvgIpc) is 2.32. The zero-order valence-electron chi connectivity index (χ0n) is 9.28. The molecule has 104 valence electrons. The van der Waals surface area contributed by atoms with E-state index < -0.39 is 47.8 Å². The minimum Gasteiger partial charge on any atom is -0.479 e. The summed E-state index contributed by atoms with van der Waals surface area (Å²) in [5.74, 6) is -5.61. The summed E-state index contributed by atoms with van der Waals surface area (Å²) in [6.45, 7) is -0.652. The van der Waals surface area contributed by atoms with Crippen LogP contribution in [0, 0.1) is 17.5 Å². The Morgan fingerprint density at radius 3 is 2.47 bits per heavy atom. The minimum absolute atomic E-state index is 0.298. The Hall–Kier alpha value is -2.29. The van der Waals surface area contributed by atoms with Crippen LogP contribution >= 0.6 is 0 Å². The van der Waals surface area contributed by atoms with Crippen LogP contribution < -0.4 is 10.6 Å². The van der Waals surface area contributed by atoms with Gasteiger partial charge in [-0.15, -0.1) is 0 Å². The van der Waals surface area contributed by atoms with Crippen LogP contribution in [0.3, 0.4) is 0 Å². The molecule has 4 N–H and O–H groups in total. The number of carboxylic acids is 1. The third-order valence-electron chi connectivity index (χ3n) is 1.98. The Balaban J connectivity index is 2.65. The van der Waals surface area contributed by atoms with Crippen LogP contribution in [0.1, 0.15) is 0 Å². The van der Waals surface area contributed by atoms with E-state index in [0.717, 1.165) is 0 Å². The highest BCUT2D eigenvalue weighted by Crippen LogP contribution is 2.18. The lowest BCUT2D eigenvalue weighted by Gasteiger charge is -2.10. The molecule has 1 aromatic carbocycles. The minimum atomic E-state index is -1.85. The summed E-state index contributed by atoms with van der Waals surface area (Å²) in [6, 6.07) is -0.276. The van der Waals surface area contributed by atoms with Crippen LogP contribution in [-0.2, 0) is 4.79 Å². The molecule has 0 aromatic heterocycles. The second-order valence-corrected chi connectivity index (χ2v) is 3.44. The molecule has 0 aliphatic carbocycles. The van der Waals surface area contributed by atoms with Gasteiger partial charge in [-0.05, 0) is 0 Å². The normalized spacial score (nSPS) is 11.8. The highest BCUT2D eigenvalue weighted by molar-refractivity contribution is 5.89. The van der Waals surface area contributed by atoms with Gasteiger partial charge < -0.3 is 20.8 Å². The smallest absolute Gasteiger partial charge is 0.334 e. The van der Waals surface area contributed by atoms with Crippen molar-refractivity contribution < 1.29 is 33.0 Å². The van der Waals surface area contributed by atoms with Crippen molar-refractivity contribution in [1.82, 2.24) is 5.32 Å². The molecule has 9 heteroatoms. The Kier molecular flexibility index (Phi) is 4.70. The maximum atomic E-state index is 13.1. The molecule has 0 spiro atoms. The summed E-state index contributed by atoms with van der Waals surface area (Å²) in [5.41, 5.74) is -0.750. The summed E-state index contributed by atoms with van der Waals surface area (Å²) in [6.07, 6.45) is -1.85. The van der Waals surface area contributed by atoms with E-state index in [0.29, 0.717) is 12.1 Å². The number of hydrogen-bond donors (Lipinski definition) is 4. The maximum Gasteiger partial charge on any atom is 0.334 e. The zero-order valence-corrected chi connectivity index (χ0v) is 9.28. The summed E-state index contributed by atoms with van der Waals surface area (Å²) < 4.78 is 38.7. The number of carbonyl (C=O) groups is 2. The largest absolute Gasteiger partial charge is 0.479 e. The number of anilines is 1. The summed E-state index contributed by atoms with van der Waals surface area (Å²) in [5, 5.41) is 20.8. The first kappa shape index (κ1) is 14.8. The molecular weight excluding hydrogens is 269 g/mol. The average molecular weight is 278 g/mol. The van der Waals surface area contributed by atoms with E-state index in [1.54, 1.807) is 5.32 Å². The first-order valence-electron chi connectivity index (χ1n) is 4.91. The fraction of sp³-hybridized carbons (Fsp3) is 0.200. The maximum absolute atomic E-state index is 13.1. The molecule has 0 fully saturated rings. The van der Waals surface area contributed by atoms with Crippen LogP contribution in [0.15, 0.2) is 12.1 Å². The molecule has 0 saturated carbocycles. The van der Waals surface area contributed by atoms with Gasteiger partial charge in [0.05, 0.1) is 12.2 Å². The quantitative estimate of drug-likeness (QED) is 0.608. The number of hydrogen-bond acceptors (Lipinski definition) is 3. The topological polar surface area (TPSA) is 98.7 Å². The molecule has 1 rings (SSSR count). The third-order valence-corrected chi connectivity index (χ3v) is 1.98. The molecule has 0 bridgehead atoms. The van der Waals surface area contributed by atoms with Crippen LogP contribution in [0.4, 0.5) is 23.7 Å². The molecule has 0 heterocycles. The van der Waals surface area contributed by atoms with E-state index in [4.69, 9.17) is 10.2 Å². The van der Waals surface area contributed by atoms with Crippen molar-refractivity contribution in [3.63, 3.8) is 0 Å². The van der Waals surface area contributed by atoms with Crippen LogP contribution in [0.5, 0.6) is 0 Å². The Labute approximate surface area is 104 Å². The van der Waals surface area contributed by atoms with Gasteiger partial charge in [0, 0.05) is 12.1 Å². The van der Waals surface area contributed by atoms with Crippen molar-refractivity contribution in [3.8, 4) is 0 Å². The van der Waals surface area contributed by atoms with Gasteiger partial charge in [0.2, 0.25) is 0 Å². The lowest BCUT2D eigenvalue weighted by molar-refractivity contribution is -0.146. The molecule has 19 heavy (non-hydrogen) atoms. The number of carboxylic acid groups (broad SMARTS) is 1. The molecule has 0 aliphatic rings. The number of urea groups is 1. The first-order valence-corrected chi connectivity index (χ1v) is 4.91. The van der Waals surface area contributed by atoms with Gasteiger partial charge in [-0.3, -0.25) is 0 Å². The fourth-order valence-electron chi connectivity index (χ4n) is 1.09. The van der Waals surface area contributed by atoms with Gasteiger partial charge in [0.1, 0.15) is 5.82 Å². The van der Waals surface area contributed by atoms with Gasteiger partial charge in [-0.25, -0.2) is 22.8 Å². The van der Waals surface area contributed by atoms with Crippen molar-refractivity contribution in [2.75, 3.05) is 11.9 Å². The number of rotatable bonds is 4. The molecule has 1 unspecified atom stereocenters. The van der Waals surface area contributed by atoms with Crippen molar-refractivity contribution in [1.29, 1.82) is 0 Å². The lowest BCUT2D eigenvalue weighted by atomic mass is 10.3. The molecular formula is C10H9F3N2O4. The Morgan fingerprint density at radius 1 is 1.26 bits per heavy atom. The summed E-state index contributed by atoms with van der Waals surface area (Å²) >= 11 is 0. The number of aliphatic hydroxyl groups is 1. The van der Waals surface area contributed by atoms with Crippen molar-refractivity contribution in [3.05, 3.63) is 29.6 Å². The second-order valence-electron chi connectivity index (χ2n) is 3.44. The number of halogens is 3. The number of aliphatic hydroxyl groups excluding tert-OH is 1. The van der Waals surface area contributed by atoms with Crippen LogP contribution in [0.25, 0.3) is 0 Å². The van der Waals surface area contributed by atoms with Crippen molar-refractivity contribution in [2.24, 2.45) is 0 Å². The highest BCUT2D eigenvalue weighted by atomic mass is 19.2. The summed E-state index contributed by atoms with van der Waals surface area (Å²) in [7, 11) is 0. The molecule has 6 nitrogen and oxygen atoms in total. The molecule has 1 atom stereocenters. The number of aliphatic carboxylic acids is 1. The number of carbonyl (C=O) groups excluding carboxylic acids is 1. The van der Waals surface area contributed by atoms with E-state index in [1.165, 1.54) is 0 Å². The Morgan fingerprint density at radius 2 is 1.89 bits per heavy atom. The molecule has 0 saturated heterocycles. The third kappa shape index (κ3) is 4.14. The van der Waals surface area contributed by atoms with Gasteiger partial charge in [0.15, 0.2) is 17.7 Å². The van der Waals surface area contributed by atoms with Crippen LogP contribution in [-0.4, -0.2) is 34.9 Å². The van der Waals surface area contributed by atoms with Gasteiger partial charge in [0.25, 0.3) is 0 Å². The number of benzene rings is 1. The van der Waals surface area contributed by atoms with E-state index in [-0.39, 0.29) is 0 Å². The predicted octanol–water partition coefficient (Wildman–Crippen LogP) is 0.671. The lowest BCUT2D eigenvalue weighted by Crippen LogP contribution is -2.38. The van der Waals surface area contributed by atoms with E-state index >= 15 is 0 Å². The predicted molar refractivity (Wildman–Crippen MR) is 57.0 cm³/mol. The van der Waals surface area contributed by atoms with E-state index in [2.05, 4.69) is 0 Å². The number of amides is 2. The SMILES string of the molecule is O=C(NCC(O)C(=O)O)Nc1cc(F)cc(F)c1F. The standard InChI is InChI=1S/C10H9F3N2O4/c11-4-1-5(12)8(13)6(2-4)15-10(19)14-3-7(16)9(17)18/h1-2,7,16H,3H2,(H,17,18)(H2,14,15,19). The van der Waals surface area contributed by atoms with Crippen LogP contribution in [0.2, 0.25) is 0 Å². The van der Waals surface area contributed by atoms with E-state index in [1.807, 2.05) is 5.32 Å².